The van der Waals surface area contributed by atoms with Crippen molar-refractivity contribution in [3.63, 3.8) is 0 Å². The third-order valence-electron chi connectivity index (χ3n) is 9.45. The number of halogens is 4. The number of aliphatic carboxylic acids is 1. The number of hydrogen-bond donors (Lipinski definition) is 1. The van der Waals surface area contributed by atoms with Crippen molar-refractivity contribution >= 4 is 17.5 Å². The number of carbonyl (C=O) groups is 1. The van der Waals surface area contributed by atoms with Crippen LogP contribution in [0.25, 0.3) is 22.5 Å². The molecule has 3 saturated heterocycles. The summed E-state index contributed by atoms with van der Waals surface area (Å²) < 4.78 is 81.7. The highest BCUT2D eigenvalue weighted by molar-refractivity contribution is 5.79. The molecule has 0 radical (unpaired) electrons. The highest BCUT2D eigenvalue weighted by atomic mass is 19.3. The maximum Gasteiger partial charge on any atom is 0.388 e. The van der Waals surface area contributed by atoms with E-state index in [0.717, 1.165) is 11.1 Å². The molecule has 0 saturated carbocycles. The van der Waals surface area contributed by atoms with Crippen molar-refractivity contribution in [2.75, 3.05) is 49.8 Å². The van der Waals surface area contributed by atoms with Gasteiger partial charge in [-0.3, -0.25) is 0 Å². The number of nitrogens with zero attached hydrogens (tertiary/aromatic N) is 6. The molecule has 3 aliphatic heterocycles. The number of ether oxygens (including phenoxy) is 5. The Hall–Kier alpha value is -5.29. The molecule has 17 heteroatoms. The van der Waals surface area contributed by atoms with Crippen LogP contribution in [0.1, 0.15) is 25.6 Å². The molecule has 7 rings (SSSR count). The van der Waals surface area contributed by atoms with Crippen molar-refractivity contribution < 1.29 is 51.1 Å². The van der Waals surface area contributed by atoms with Crippen LogP contribution >= 0.6 is 0 Å². The van der Waals surface area contributed by atoms with Crippen molar-refractivity contribution in [3.8, 4) is 40.0 Å². The number of pyridine rings is 2. The van der Waals surface area contributed by atoms with Gasteiger partial charge >= 0.3 is 12.6 Å². The van der Waals surface area contributed by atoms with E-state index in [1.54, 1.807) is 13.3 Å². The molecule has 3 fully saturated rings. The van der Waals surface area contributed by atoms with E-state index in [9.17, 15) is 27.5 Å². The molecule has 52 heavy (non-hydrogen) atoms. The number of rotatable bonds is 11. The molecule has 4 aromatic rings. The normalized spacial score (nSPS) is 21.0. The summed E-state index contributed by atoms with van der Waals surface area (Å²) in [5.74, 6) is -1.74. The maximum absolute atomic E-state index is 14.1. The fourth-order valence-corrected chi connectivity index (χ4v) is 6.65. The summed E-state index contributed by atoms with van der Waals surface area (Å²) >= 11 is 0. The minimum Gasteiger partial charge on any atom is -0.497 e. The van der Waals surface area contributed by atoms with Gasteiger partial charge in [0.15, 0.2) is 5.82 Å². The Morgan fingerprint density at radius 2 is 1.79 bits per heavy atom. The van der Waals surface area contributed by atoms with Crippen LogP contribution in [0.5, 0.6) is 17.5 Å². The predicted octanol–water partition coefficient (Wildman–Crippen LogP) is 5.25. The highest BCUT2D eigenvalue weighted by Crippen LogP contribution is 2.41. The summed E-state index contributed by atoms with van der Waals surface area (Å²) in [6, 6.07) is 13.3. The van der Waals surface area contributed by atoms with Gasteiger partial charge < -0.3 is 38.6 Å². The molecule has 0 unspecified atom stereocenters. The zero-order chi connectivity index (χ0) is 36.6. The third kappa shape index (κ3) is 6.97. The van der Waals surface area contributed by atoms with E-state index in [2.05, 4.69) is 24.6 Å². The van der Waals surface area contributed by atoms with Crippen LogP contribution < -0.4 is 24.0 Å². The summed E-state index contributed by atoms with van der Waals surface area (Å²) in [6.07, 6.45) is -2.26. The number of methoxy groups -OCH3 is 1. The van der Waals surface area contributed by atoms with Crippen molar-refractivity contribution in [1.29, 1.82) is 0 Å². The number of alkyl halides is 4. The van der Waals surface area contributed by atoms with Gasteiger partial charge in [-0.05, 0) is 36.8 Å². The van der Waals surface area contributed by atoms with Crippen LogP contribution in [0.2, 0.25) is 0 Å². The number of carboxylic acid groups (broad SMARTS) is 1. The zero-order valence-corrected chi connectivity index (χ0v) is 28.0. The molecule has 1 aromatic carbocycles. The topological polar surface area (TPSA) is 141 Å². The summed E-state index contributed by atoms with van der Waals surface area (Å²) in [7, 11) is 1.59. The molecule has 3 atom stereocenters. The Balaban J connectivity index is 1.21. The molecule has 1 spiro atoms. The molecule has 1 N–H and O–H groups in total. The van der Waals surface area contributed by atoms with Crippen molar-refractivity contribution in [3.05, 3.63) is 66.6 Å². The molecule has 274 valence electrons. The van der Waals surface area contributed by atoms with E-state index in [1.807, 2.05) is 37.3 Å². The van der Waals surface area contributed by atoms with Crippen molar-refractivity contribution in [2.45, 2.75) is 50.2 Å². The van der Waals surface area contributed by atoms with Crippen LogP contribution in [0.4, 0.5) is 29.1 Å². The van der Waals surface area contributed by atoms with Gasteiger partial charge in [-0.2, -0.15) is 8.78 Å². The van der Waals surface area contributed by atoms with Crippen LogP contribution in [0.15, 0.2) is 60.8 Å². The molecule has 3 aliphatic rings. The second kappa shape index (κ2) is 14.4. The number of carboxylic acids is 1. The molecule has 6 heterocycles. The third-order valence-corrected chi connectivity index (χ3v) is 9.45. The highest BCUT2D eigenvalue weighted by Gasteiger charge is 2.50. The summed E-state index contributed by atoms with van der Waals surface area (Å²) in [6.45, 7) is 0.657. The molecule has 0 amide bonds. The predicted molar refractivity (Wildman–Crippen MR) is 177 cm³/mol. The Bertz CT molecular complexity index is 1920. The molecule has 0 aliphatic carbocycles. The number of benzene rings is 1. The van der Waals surface area contributed by atoms with E-state index in [1.165, 1.54) is 29.2 Å². The Labute approximate surface area is 295 Å². The van der Waals surface area contributed by atoms with E-state index in [-0.39, 0.29) is 42.1 Å². The quantitative estimate of drug-likeness (QED) is 0.201. The van der Waals surface area contributed by atoms with Crippen LogP contribution in [0, 0.1) is 0 Å². The van der Waals surface area contributed by atoms with Crippen LogP contribution in [-0.2, 0) is 14.3 Å². The lowest BCUT2D eigenvalue weighted by Crippen LogP contribution is -2.68. The smallest absolute Gasteiger partial charge is 0.388 e. The first kappa shape index (κ1) is 35.1. The standard InChI is InChI=1S/C35H34F4N6O7/c1-19-35(17-49-18-35)50-11-10-44(19)26-12-21(20-6-8-22(48-2)9-7-20)15-40-32(26)51-23-13-27(33(46)47)45(16-23)28-14-25(42-31(43-28)30(36)37)24-4-3-5-29(41-24)52-34(38)39/h3-9,12,14-15,19,23,27,30,34H,10-11,13,16-18H2,1-2H3,(H,46,47)/t19-,23-,27-/m0/s1. The lowest BCUT2D eigenvalue weighted by atomic mass is 9.90. The van der Waals surface area contributed by atoms with Crippen molar-refractivity contribution in [2.24, 2.45) is 0 Å². The average molecular weight is 727 g/mol. The summed E-state index contributed by atoms with van der Waals surface area (Å²) in [5.41, 5.74) is 1.67. The monoisotopic (exact) mass is 726 g/mol. The SMILES string of the molecule is COc1ccc(-c2cnc(O[C@H]3C[C@@H](C(=O)O)N(c4cc(-c5cccc(OC(F)F)n5)nc(C(F)F)n4)C3)c(N3CCOC4(COC4)[C@@H]3C)c2)cc1. The lowest BCUT2D eigenvalue weighted by molar-refractivity contribution is -0.228. The second-order valence-electron chi connectivity index (χ2n) is 12.5. The van der Waals surface area contributed by atoms with Gasteiger partial charge in [0.2, 0.25) is 11.8 Å². The first-order chi connectivity index (χ1) is 25.0. The minimum atomic E-state index is -3.16. The summed E-state index contributed by atoms with van der Waals surface area (Å²) in [5, 5.41) is 10.3. The summed E-state index contributed by atoms with van der Waals surface area (Å²) in [4.78, 5) is 32.6. The zero-order valence-electron chi connectivity index (χ0n) is 28.0. The number of aromatic nitrogens is 4. The molecular formula is C35H34F4N6O7. The molecular weight excluding hydrogens is 692 g/mol. The van der Waals surface area contributed by atoms with E-state index < -0.39 is 48.5 Å². The van der Waals surface area contributed by atoms with Crippen molar-refractivity contribution in [1.82, 2.24) is 19.9 Å². The van der Waals surface area contributed by atoms with Gasteiger partial charge in [-0.15, -0.1) is 0 Å². The number of anilines is 2. The van der Waals surface area contributed by atoms with E-state index in [4.69, 9.17) is 23.9 Å². The average Bonchev–Trinajstić information content (AvgIpc) is 3.55. The van der Waals surface area contributed by atoms with Crippen LogP contribution in [-0.4, -0.2) is 101 Å². The Morgan fingerprint density at radius 3 is 2.46 bits per heavy atom. The minimum absolute atomic E-state index is 0.0353. The van der Waals surface area contributed by atoms with E-state index >= 15 is 0 Å². The second-order valence-corrected chi connectivity index (χ2v) is 12.5. The van der Waals surface area contributed by atoms with Gasteiger partial charge in [-0.1, -0.05) is 18.2 Å². The van der Waals surface area contributed by atoms with Gasteiger partial charge in [0.25, 0.3) is 6.43 Å². The number of hydrogen-bond acceptors (Lipinski definition) is 12. The first-order valence-corrected chi connectivity index (χ1v) is 16.4. The Kier molecular flexibility index (Phi) is 9.71. The van der Waals surface area contributed by atoms with Gasteiger partial charge in [-0.25, -0.2) is 33.5 Å². The van der Waals surface area contributed by atoms with E-state index in [0.29, 0.717) is 37.8 Å². The van der Waals surface area contributed by atoms with Crippen LogP contribution in [0.3, 0.4) is 0 Å². The maximum atomic E-state index is 14.1. The first-order valence-electron chi connectivity index (χ1n) is 16.4. The van der Waals surface area contributed by atoms with Gasteiger partial charge in [0, 0.05) is 36.9 Å². The molecule has 13 nitrogen and oxygen atoms in total. The molecule has 0 bridgehead atoms. The lowest BCUT2D eigenvalue weighted by Gasteiger charge is -2.53. The number of morpholine rings is 1. The van der Waals surface area contributed by atoms with Gasteiger partial charge in [0.05, 0.1) is 50.9 Å². The Morgan fingerprint density at radius 1 is 1.00 bits per heavy atom. The molecule has 3 aromatic heterocycles. The fourth-order valence-electron chi connectivity index (χ4n) is 6.65. The van der Waals surface area contributed by atoms with Gasteiger partial charge in [0.1, 0.15) is 35.0 Å². The fraction of sp³-hybridized carbons (Fsp3) is 0.400. The largest absolute Gasteiger partial charge is 0.497 e.